The third-order valence-electron chi connectivity index (χ3n) is 4.04. The number of carbonyl (C=O) groups is 1. The van der Waals surface area contributed by atoms with E-state index in [0.29, 0.717) is 0 Å². The Bertz CT molecular complexity index is 455. The number of hydrogen-bond donors (Lipinski definition) is 1. The Kier molecular flexibility index (Phi) is 6.53. The number of rotatable bonds is 3. The normalized spacial score (nSPS) is 11.7. The van der Waals surface area contributed by atoms with E-state index in [4.69, 9.17) is 5.73 Å². The molecule has 0 radical (unpaired) electrons. The van der Waals surface area contributed by atoms with E-state index in [1.54, 1.807) is 0 Å². The smallest absolute Gasteiger partial charge is 0.307 e. The van der Waals surface area contributed by atoms with E-state index in [9.17, 15) is 4.79 Å². The highest BCUT2D eigenvalue weighted by atomic mass is 35.5. The molecule has 1 aromatic rings. The number of halogens is 1. The lowest BCUT2D eigenvalue weighted by Crippen LogP contribution is -2.20. The average molecular weight is 286 g/mol. The van der Waals surface area contributed by atoms with Gasteiger partial charge in [0.2, 0.25) is 0 Å². The average Bonchev–Trinajstić information content (AvgIpc) is 2.34. The summed E-state index contributed by atoms with van der Waals surface area (Å²) in [5, 5.41) is 0. The zero-order valence-corrected chi connectivity index (χ0v) is 13.4. The van der Waals surface area contributed by atoms with E-state index in [2.05, 4.69) is 39.4 Å². The van der Waals surface area contributed by atoms with Crippen molar-refractivity contribution in [3.8, 4) is 0 Å². The maximum atomic E-state index is 11.4. The van der Waals surface area contributed by atoms with Gasteiger partial charge in [0, 0.05) is 6.04 Å². The molecule has 0 fully saturated rings. The van der Waals surface area contributed by atoms with Crippen LogP contribution in [-0.4, -0.2) is 13.1 Å². The summed E-state index contributed by atoms with van der Waals surface area (Å²) in [6.07, 6.45) is 0.222. The van der Waals surface area contributed by atoms with E-state index in [1.165, 1.54) is 34.9 Å². The van der Waals surface area contributed by atoms with Gasteiger partial charge in [0.05, 0.1) is 13.5 Å². The van der Waals surface area contributed by atoms with Crippen LogP contribution >= 0.6 is 12.4 Å². The summed E-state index contributed by atoms with van der Waals surface area (Å²) >= 11 is 0. The van der Waals surface area contributed by atoms with Gasteiger partial charge < -0.3 is 10.5 Å². The van der Waals surface area contributed by atoms with Gasteiger partial charge in [-0.25, -0.2) is 0 Å². The Hall–Kier alpha value is -1.06. The lowest BCUT2D eigenvalue weighted by molar-refractivity contribution is -0.141. The fourth-order valence-corrected chi connectivity index (χ4v) is 2.45. The molecule has 1 rings (SSSR count). The lowest BCUT2D eigenvalue weighted by Gasteiger charge is -2.22. The number of hydrogen-bond acceptors (Lipinski definition) is 3. The molecule has 108 valence electrons. The topological polar surface area (TPSA) is 52.3 Å². The van der Waals surface area contributed by atoms with Crippen molar-refractivity contribution in [2.45, 2.75) is 47.1 Å². The molecule has 0 aliphatic heterocycles. The molecule has 0 saturated carbocycles. The second-order valence-electron chi connectivity index (χ2n) is 4.93. The van der Waals surface area contributed by atoms with Crippen LogP contribution in [0.3, 0.4) is 0 Å². The van der Waals surface area contributed by atoms with Gasteiger partial charge in [-0.3, -0.25) is 4.79 Å². The first-order valence-electron chi connectivity index (χ1n) is 6.20. The minimum atomic E-state index is -0.296. The molecular formula is C15H24ClNO2. The highest BCUT2D eigenvalue weighted by Crippen LogP contribution is 2.30. The van der Waals surface area contributed by atoms with Crippen molar-refractivity contribution in [3.63, 3.8) is 0 Å². The fourth-order valence-electron chi connectivity index (χ4n) is 2.45. The van der Waals surface area contributed by atoms with E-state index >= 15 is 0 Å². The third-order valence-corrected chi connectivity index (χ3v) is 4.04. The van der Waals surface area contributed by atoms with Gasteiger partial charge in [0.1, 0.15) is 0 Å². The molecule has 0 saturated heterocycles. The standard InChI is InChI=1S/C15H23NO2.ClH/c1-8-9(2)11(4)15(12(5)10(8)3)13(16)7-14(17)18-6;/h13H,7,16H2,1-6H3;1H/t13-;/m1./s1. The zero-order chi connectivity index (χ0) is 14.0. The minimum Gasteiger partial charge on any atom is -0.469 e. The second kappa shape index (κ2) is 6.92. The fraction of sp³-hybridized carbons (Fsp3) is 0.533. The van der Waals surface area contributed by atoms with E-state index in [-0.39, 0.29) is 30.8 Å². The molecule has 3 nitrogen and oxygen atoms in total. The third kappa shape index (κ3) is 3.48. The van der Waals surface area contributed by atoms with Gasteiger partial charge in [0.25, 0.3) is 0 Å². The number of nitrogens with two attached hydrogens (primary N) is 1. The maximum absolute atomic E-state index is 11.4. The molecule has 1 aromatic carbocycles. The van der Waals surface area contributed by atoms with Crippen LogP contribution in [0.5, 0.6) is 0 Å². The molecule has 19 heavy (non-hydrogen) atoms. The van der Waals surface area contributed by atoms with Gasteiger partial charge in [-0.15, -0.1) is 12.4 Å². The van der Waals surface area contributed by atoms with Crippen molar-refractivity contribution in [1.29, 1.82) is 0 Å². The van der Waals surface area contributed by atoms with E-state index in [0.717, 1.165) is 5.56 Å². The molecule has 4 heteroatoms. The molecule has 0 spiro atoms. The predicted octanol–water partition coefficient (Wildman–Crippen LogP) is 3.21. The van der Waals surface area contributed by atoms with Crippen LogP contribution in [0.4, 0.5) is 0 Å². The van der Waals surface area contributed by atoms with E-state index in [1.807, 2.05) is 0 Å². The molecule has 0 heterocycles. The SMILES string of the molecule is COC(=O)C[C@@H](N)c1c(C)c(C)c(C)c(C)c1C.Cl. The highest BCUT2D eigenvalue weighted by Gasteiger charge is 2.19. The molecule has 0 aliphatic carbocycles. The van der Waals surface area contributed by atoms with Gasteiger partial charge in [-0.05, 0) is 68.0 Å². The Morgan fingerprint density at radius 3 is 1.74 bits per heavy atom. The van der Waals surface area contributed by atoms with Gasteiger partial charge in [0.15, 0.2) is 0 Å². The van der Waals surface area contributed by atoms with E-state index < -0.39 is 0 Å². The van der Waals surface area contributed by atoms with Crippen molar-refractivity contribution >= 4 is 18.4 Å². The Morgan fingerprint density at radius 1 is 1.00 bits per heavy atom. The predicted molar refractivity (Wildman–Crippen MR) is 80.9 cm³/mol. The summed E-state index contributed by atoms with van der Waals surface area (Å²) < 4.78 is 4.69. The number of methoxy groups -OCH3 is 1. The quantitative estimate of drug-likeness (QED) is 0.868. The summed E-state index contributed by atoms with van der Waals surface area (Å²) in [5.74, 6) is -0.266. The van der Waals surface area contributed by atoms with Gasteiger partial charge in [-0.2, -0.15) is 0 Å². The summed E-state index contributed by atoms with van der Waals surface area (Å²) in [6, 6.07) is -0.296. The van der Waals surface area contributed by atoms with Crippen LogP contribution in [0, 0.1) is 34.6 Å². The van der Waals surface area contributed by atoms with Crippen LogP contribution in [0.25, 0.3) is 0 Å². The Morgan fingerprint density at radius 2 is 1.37 bits per heavy atom. The highest BCUT2D eigenvalue weighted by molar-refractivity contribution is 5.85. The molecular weight excluding hydrogens is 262 g/mol. The monoisotopic (exact) mass is 285 g/mol. The largest absolute Gasteiger partial charge is 0.469 e. The van der Waals surface area contributed by atoms with Crippen LogP contribution in [0.2, 0.25) is 0 Å². The van der Waals surface area contributed by atoms with Crippen LogP contribution < -0.4 is 5.73 Å². The maximum Gasteiger partial charge on any atom is 0.307 e. The van der Waals surface area contributed by atoms with Crippen molar-refractivity contribution in [1.82, 2.24) is 0 Å². The molecule has 0 aliphatic rings. The van der Waals surface area contributed by atoms with Crippen LogP contribution in [0.15, 0.2) is 0 Å². The van der Waals surface area contributed by atoms with Crippen LogP contribution in [-0.2, 0) is 9.53 Å². The molecule has 2 N–H and O–H groups in total. The first-order valence-corrected chi connectivity index (χ1v) is 6.20. The zero-order valence-electron chi connectivity index (χ0n) is 12.6. The molecule has 0 unspecified atom stereocenters. The summed E-state index contributed by atoms with van der Waals surface area (Å²) in [5.41, 5.74) is 13.4. The number of carbonyl (C=O) groups excluding carboxylic acids is 1. The molecule has 0 aromatic heterocycles. The number of ether oxygens (including phenoxy) is 1. The van der Waals surface area contributed by atoms with Gasteiger partial charge >= 0.3 is 5.97 Å². The minimum absolute atomic E-state index is 0. The number of benzene rings is 1. The van der Waals surface area contributed by atoms with Crippen molar-refractivity contribution in [2.75, 3.05) is 7.11 Å². The summed E-state index contributed by atoms with van der Waals surface area (Å²) in [7, 11) is 1.39. The lowest BCUT2D eigenvalue weighted by atomic mass is 9.85. The van der Waals surface area contributed by atoms with Crippen molar-refractivity contribution in [2.24, 2.45) is 5.73 Å². The second-order valence-corrected chi connectivity index (χ2v) is 4.93. The molecule has 0 bridgehead atoms. The van der Waals surface area contributed by atoms with Crippen LogP contribution in [0.1, 0.15) is 45.8 Å². The van der Waals surface area contributed by atoms with Crippen molar-refractivity contribution < 1.29 is 9.53 Å². The Balaban J connectivity index is 0.00000324. The number of esters is 1. The molecule has 1 atom stereocenters. The summed E-state index contributed by atoms with van der Waals surface area (Å²) in [6.45, 7) is 10.5. The van der Waals surface area contributed by atoms with Gasteiger partial charge in [-0.1, -0.05) is 0 Å². The first kappa shape index (κ1) is 17.9. The summed E-state index contributed by atoms with van der Waals surface area (Å²) in [4.78, 5) is 11.4. The molecule has 0 amide bonds. The van der Waals surface area contributed by atoms with Crippen molar-refractivity contribution in [3.05, 3.63) is 33.4 Å². The first-order chi connectivity index (χ1) is 8.31. The Labute approximate surface area is 121 Å².